The van der Waals surface area contributed by atoms with Gasteiger partial charge in [0, 0.05) is 25.2 Å². The second-order valence-corrected chi connectivity index (χ2v) is 4.45. The van der Waals surface area contributed by atoms with E-state index in [0.717, 1.165) is 19.5 Å². The van der Waals surface area contributed by atoms with Gasteiger partial charge in [-0.25, -0.2) is 0 Å². The molecule has 1 atom stereocenters. The molecule has 1 amide bonds. The summed E-state index contributed by atoms with van der Waals surface area (Å²) in [7, 11) is 1.92. The quantitative estimate of drug-likeness (QED) is 0.887. The molecule has 1 aliphatic rings. The lowest BCUT2D eigenvalue weighted by atomic mass is 10.3. The molecular formula is C10H13BrN2O2. The van der Waals surface area contributed by atoms with Crippen molar-refractivity contribution in [3.05, 3.63) is 22.6 Å². The van der Waals surface area contributed by atoms with Crippen molar-refractivity contribution in [1.82, 2.24) is 10.2 Å². The fourth-order valence-corrected chi connectivity index (χ4v) is 2.13. The summed E-state index contributed by atoms with van der Waals surface area (Å²) in [5.41, 5.74) is 0.610. The first kappa shape index (κ1) is 10.7. The van der Waals surface area contributed by atoms with Crippen LogP contribution in [0, 0.1) is 0 Å². The number of nitrogens with zero attached hydrogens (tertiary/aromatic N) is 1. The number of hydrogen-bond donors (Lipinski definition) is 1. The number of furan rings is 1. The van der Waals surface area contributed by atoms with E-state index in [2.05, 4.69) is 21.2 Å². The number of likely N-dealkylation sites (N-methyl/N-ethyl adjacent to an activating group) is 1. The van der Waals surface area contributed by atoms with Crippen LogP contribution in [0.5, 0.6) is 0 Å². The van der Waals surface area contributed by atoms with Gasteiger partial charge in [-0.15, -0.1) is 0 Å². The Kier molecular flexibility index (Phi) is 3.11. The number of rotatable bonds is 2. The van der Waals surface area contributed by atoms with E-state index < -0.39 is 0 Å². The summed E-state index contributed by atoms with van der Waals surface area (Å²) < 4.78 is 5.64. The predicted molar refractivity (Wildman–Crippen MR) is 59.8 cm³/mol. The van der Waals surface area contributed by atoms with Crippen molar-refractivity contribution < 1.29 is 9.21 Å². The third-order valence-electron chi connectivity index (χ3n) is 2.70. The molecule has 1 N–H and O–H groups in total. The Morgan fingerprint density at radius 2 is 2.53 bits per heavy atom. The average Bonchev–Trinajstić information content (AvgIpc) is 2.84. The van der Waals surface area contributed by atoms with Gasteiger partial charge in [0.05, 0.1) is 5.56 Å². The van der Waals surface area contributed by atoms with Crippen molar-refractivity contribution in [3.63, 3.8) is 0 Å². The molecule has 0 spiro atoms. The highest BCUT2D eigenvalue weighted by Crippen LogP contribution is 2.18. The first-order valence-electron chi connectivity index (χ1n) is 4.91. The van der Waals surface area contributed by atoms with Crippen molar-refractivity contribution in [2.24, 2.45) is 0 Å². The number of hydrogen-bond acceptors (Lipinski definition) is 3. The third-order valence-corrected chi connectivity index (χ3v) is 3.11. The maximum absolute atomic E-state index is 11.9. The van der Waals surface area contributed by atoms with Gasteiger partial charge in [0.2, 0.25) is 0 Å². The van der Waals surface area contributed by atoms with Crippen LogP contribution >= 0.6 is 15.9 Å². The zero-order valence-corrected chi connectivity index (χ0v) is 10.1. The molecule has 0 aliphatic carbocycles. The second-order valence-electron chi connectivity index (χ2n) is 3.66. The molecule has 0 saturated carbocycles. The SMILES string of the molecule is CNC1CCN(C(=O)c2coc(Br)c2)C1. The van der Waals surface area contributed by atoms with Crippen molar-refractivity contribution in [2.75, 3.05) is 20.1 Å². The molecule has 0 bridgehead atoms. The van der Waals surface area contributed by atoms with Crippen LogP contribution in [0.25, 0.3) is 0 Å². The van der Waals surface area contributed by atoms with Crippen molar-refractivity contribution in [2.45, 2.75) is 12.5 Å². The highest BCUT2D eigenvalue weighted by molar-refractivity contribution is 9.10. The molecular weight excluding hydrogens is 260 g/mol. The van der Waals surface area contributed by atoms with Crippen LogP contribution in [0.1, 0.15) is 16.8 Å². The molecule has 1 saturated heterocycles. The molecule has 1 unspecified atom stereocenters. The number of likely N-dealkylation sites (tertiary alicyclic amines) is 1. The summed E-state index contributed by atoms with van der Waals surface area (Å²) in [4.78, 5) is 13.8. The van der Waals surface area contributed by atoms with Crippen LogP contribution < -0.4 is 5.32 Å². The molecule has 1 fully saturated rings. The Morgan fingerprint density at radius 1 is 1.73 bits per heavy atom. The first-order valence-corrected chi connectivity index (χ1v) is 5.70. The minimum Gasteiger partial charge on any atom is -0.457 e. The largest absolute Gasteiger partial charge is 0.457 e. The topological polar surface area (TPSA) is 45.5 Å². The normalized spacial score (nSPS) is 20.9. The third kappa shape index (κ3) is 2.23. The number of carbonyl (C=O) groups is 1. The van der Waals surface area contributed by atoms with Crippen molar-refractivity contribution in [1.29, 1.82) is 0 Å². The molecule has 1 aromatic rings. The van der Waals surface area contributed by atoms with Crippen LogP contribution in [0.15, 0.2) is 21.4 Å². The standard InChI is InChI=1S/C10H13BrN2O2/c1-12-8-2-3-13(5-8)10(14)7-4-9(11)15-6-7/h4,6,8,12H,2-3,5H2,1H3. The summed E-state index contributed by atoms with van der Waals surface area (Å²) in [5, 5.41) is 3.18. The van der Waals surface area contributed by atoms with Gasteiger partial charge in [0.25, 0.3) is 5.91 Å². The van der Waals surface area contributed by atoms with Crippen LogP contribution in [0.4, 0.5) is 0 Å². The molecule has 1 aliphatic heterocycles. The number of carbonyl (C=O) groups excluding carboxylic acids is 1. The van der Waals surface area contributed by atoms with Crippen LogP contribution in [0.2, 0.25) is 0 Å². The van der Waals surface area contributed by atoms with Gasteiger partial charge in [0.1, 0.15) is 6.26 Å². The predicted octanol–water partition coefficient (Wildman–Crippen LogP) is 1.48. The molecule has 0 aromatic carbocycles. The molecule has 2 heterocycles. The van der Waals surface area contributed by atoms with E-state index in [1.54, 1.807) is 6.07 Å². The van der Waals surface area contributed by atoms with Gasteiger partial charge in [-0.05, 0) is 29.4 Å². The molecule has 1 aromatic heterocycles. The summed E-state index contributed by atoms with van der Waals surface area (Å²) >= 11 is 3.18. The van der Waals surface area contributed by atoms with Crippen LogP contribution in [0.3, 0.4) is 0 Å². The van der Waals surface area contributed by atoms with Crippen LogP contribution in [-0.2, 0) is 0 Å². The van der Waals surface area contributed by atoms with Gasteiger partial charge >= 0.3 is 0 Å². The minimum atomic E-state index is 0.0437. The van der Waals surface area contributed by atoms with Gasteiger partial charge < -0.3 is 14.6 Å². The number of amides is 1. The Hall–Kier alpha value is -0.810. The summed E-state index contributed by atoms with van der Waals surface area (Å²) in [5.74, 6) is 0.0437. The lowest BCUT2D eigenvalue weighted by molar-refractivity contribution is 0.0789. The van der Waals surface area contributed by atoms with Gasteiger partial charge in [0.15, 0.2) is 4.67 Å². The van der Waals surface area contributed by atoms with E-state index in [1.807, 2.05) is 11.9 Å². The highest BCUT2D eigenvalue weighted by Gasteiger charge is 2.26. The smallest absolute Gasteiger partial charge is 0.257 e. The fraction of sp³-hybridized carbons (Fsp3) is 0.500. The van der Waals surface area contributed by atoms with Gasteiger partial charge in [-0.3, -0.25) is 4.79 Å². The van der Waals surface area contributed by atoms with E-state index in [1.165, 1.54) is 6.26 Å². The monoisotopic (exact) mass is 272 g/mol. The molecule has 5 heteroatoms. The second kappa shape index (κ2) is 4.37. The number of nitrogens with one attached hydrogen (secondary N) is 1. The minimum absolute atomic E-state index is 0.0437. The maximum Gasteiger partial charge on any atom is 0.257 e. The fourth-order valence-electron chi connectivity index (χ4n) is 1.79. The van der Waals surface area contributed by atoms with Crippen LogP contribution in [-0.4, -0.2) is 37.0 Å². The van der Waals surface area contributed by atoms with E-state index >= 15 is 0 Å². The molecule has 0 radical (unpaired) electrons. The Morgan fingerprint density at radius 3 is 3.07 bits per heavy atom. The lowest BCUT2D eigenvalue weighted by Gasteiger charge is -2.14. The Labute approximate surface area is 96.7 Å². The summed E-state index contributed by atoms with van der Waals surface area (Å²) in [6, 6.07) is 2.12. The van der Waals surface area contributed by atoms with E-state index in [0.29, 0.717) is 16.3 Å². The maximum atomic E-state index is 11.9. The first-order chi connectivity index (χ1) is 7.20. The molecule has 15 heavy (non-hydrogen) atoms. The lowest BCUT2D eigenvalue weighted by Crippen LogP contribution is -2.33. The van der Waals surface area contributed by atoms with Crippen molar-refractivity contribution >= 4 is 21.8 Å². The molecule has 2 rings (SSSR count). The zero-order chi connectivity index (χ0) is 10.8. The zero-order valence-electron chi connectivity index (χ0n) is 8.50. The molecule has 4 nitrogen and oxygen atoms in total. The highest BCUT2D eigenvalue weighted by atomic mass is 79.9. The summed E-state index contributed by atoms with van der Waals surface area (Å²) in [6.45, 7) is 1.59. The average molecular weight is 273 g/mol. The molecule has 82 valence electrons. The van der Waals surface area contributed by atoms with Crippen molar-refractivity contribution in [3.8, 4) is 0 Å². The summed E-state index contributed by atoms with van der Waals surface area (Å²) in [6.07, 6.45) is 2.50. The van der Waals surface area contributed by atoms with Gasteiger partial charge in [-0.2, -0.15) is 0 Å². The Balaban J connectivity index is 2.03. The van der Waals surface area contributed by atoms with E-state index in [9.17, 15) is 4.79 Å². The van der Waals surface area contributed by atoms with E-state index in [-0.39, 0.29) is 5.91 Å². The van der Waals surface area contributed by atoms with E-state index in [4.69, 9.17) is 4.42 Å². The Bertz CT molecular complexity index is 364. The number of halogens is 1. The van der Waals surface area contributed by atoms with Gasteiger partial charge in [-0.1, -0.05) is 0 Å².